The normalized spacial score (nSPS) is 12.4. The number of methoxy groups -OCH3 is 1. The van der Waals surface area contributed by atoms with Gasteiger partial charge < -0.3 is 9.47 Å². The molecule has 1 aromatic carbocycles. The SMILES string of the molecule is CCCCCCCOC(C)c1ccc(OC)cc1. The van der Waals surface area contributed by atoms with Crippen LogP contribution < -0.4 is 4.74 Å². The molecule has 0 fully saturated rings. The van der Waals surface area contributed by atoms with Crippen LogP contribution in [0.5, 0.6) is 5.75 Å². The maximum absolute atomic E-state index is 5.84. The third-order valence-electron chi connectivity index (χ3n) is 3.20. The second-order valence-electron chi connectivity index (χ2n) is 4.70. The van der Waals surface area contributed by atoms with E-state index in [0.29, 0.717) is 0 Å². The van der Waals surface area contributed by atoms with Gasteiger partial charge in [-0.05, 0) is 31.0 Å². The Morgan fingerprint density at radius 2 is 1.67 bits per heavy atom. The van der Waals surface area contributed by atoms with E-state index >= 15 is 0 Å². The zero-order chi connectivity index (χ0) is 13.2. The number of ether oxygens (including phenoxy) is 2. The summed E-state index contributed by atoms with van der Waals surface area (Å²) >= 11 is 0. The van der Waals surface area contributed by atoms with Crippen LogP contribution in [-0.4, -0.2) is 13.7 Å². The lowest BCUT2D eigenvalue weighted by Gasteiger charge is -2.13. The van der Waals surface area contributed by atoms with E-state index < -0.39 is 0 Å². The van der Waals surface area contributed by atoms with E-state index in [1.807, 2.05) is 12.1 Å². The summed E-state index contributed by atoms with van der Waals surface area (Å²) in [6.07, 6.45) is 6.58. The number of benzene rings is 1. The minimum absolute atomic E-state index is 0.169. The molecular weight excluding hydrogens is 224 g/mol. The molecule has 0 amide bonds. The predicted octanol–water partition coefficient (Wildman–Crippen LogP) is 4.74. The quantitative estimate of drug-likeness (QED) is 0.589. The largest absolute Gasteiger partial charge is 0.497 e. The maximum Gasteiger partial charge on any atom is 0.118 e. The maximum atomic E-state index is 5.84. The van der Waals surface area contributed by atoms with Crippen molar-refractivity contribution in [2.75, 3.05) is 13.7 Å². The van der Waals surface area contributed by atoms with Crippen molar-refractivity contribution in [3.05, 3.63) is 29.8 Å². The third kappa shape index (κ3) is 5.54. The van der Waals surface area contributed by atoms with Crippen LogP contribution in [0.4, 0.5) is 0 Å². The summed E-state index contributed by atoms with van der Waals surface area (Å²) in [5, 5.41) is 0. The summed E-state index contributed by atoms with van der Waals surface area (Å²) in [6.45, 7) is 5.20. The van der Waals surface area contributed by atoms with E-state index in [2.05, 4.69) is 26.0 Å². The highest BCUT2D eigenvalue weighted by Gasteiger charge is 2.05. The molecule has 0 aliphatic heterocycles. The van der Waals surface area contributed by atoms with E-state index in [1.54, 1.807) is 7.11 Å². The smallest absolute Gasteiger partial charge is 0.118 e. The van der Waals surface area contributed by atoms with Crippen LogP contribution >= 0.6 is 0 Å². The predicted molar refractivity (Wildman–Crippen MR) is 76.1 cm³/mol. The summed E-state index contributed by atoms with van der Waals surface area (Å²) in [5.74, 6) is 0.894. The molecule has 1 rings (SSSR count). The van der Waals surface area contributed by atoms with Crippen molar-refractivity contribution >= 4 is 0 Å². The molecule has 0 heterocycles. The Bertz CT molecular complexity index is 305. The van der Waals surface area contributed by atoms with Gasteiger partial charge in [0.1, 0.15) is 5.75 Å². The van der Waals surface area contributed by atoms with Gasteiger partial charge in [0.2, 0.25) is 0 Å². The first-order valence-electron chi connectivity index (χ1n) is 7.03. The lowest BCUT2D eigenvalue weighted by molar-refractivity contribution is 0.0627. The Morgan fingerprint density at radius 3 is 2.28 bits per heavy atom. The van der Waals surface area contributed by atoms with Crippen LogP contribution in [0.2, 0.25) is 0 Å². The summed E-state index contributed by atoms with van der Waals surface area (Å²) in [6, 6.07) is 8.11. The Kier molecular flexibility index (Phi) is 7.51. The van der Waals surface area contributed by atoms with Crippen molar-refractivity contribution in [1.82, 2.24) is 0 Å². The highest BCUT2D eigenvalue weighted by atomic mass is 16.5. The Hall–Kier alpha value is -1.02. The molecule has 0 bridgehead atoms. The van der Waals surface area contributed by atoms with Gasteiger partial charge >= 0.3 is 0 Å². The first-order valence-corrected chi connectivity index (χ1v) is 7.03. The monoisotopic (exact) mass is 250 g/mol. The van der Waals surface area contributed by atoms with Gasteiger partial charge in [-0.2, -0.15) is 0 Å². The van der Waals surface area contributed by atoms with Gasteiger partial charge in [0.05, 0.1) is 13.2 Å². The van der Waals surface area contributed by atoms with Crippen LogP contribution in [0.15, 0.2) is 24.3 Å². The number of hydrogen-bond acceptors (Lipinski definition) is 2. The molecule has 2 nitrogen and oxygen atoms in total. The summed E-state index contributed by atoms with van der Waals surface area (Å²) < 4.78 is 11.0. The molecule has 1 atom stereocenters. The molecule has 0 saturated heterocycles. The average Bonchev–Trinajstić information content (AvgIpc) is 2.42. The Balaban J connectivity index is 2.21. The van der Waals surface area contributed by atoms with Gasteiger partial charge in [0.15, 0.2) is 0 Å². The van der Waals surface area contributed by atoms with E-state index in [9.17, 15) is 0 Å². The van der Waals surface area contributed by atoms with Crippen molar-refractivity contribution in [3.63, 3.8) is 0 Å². The lowest BCUT2D eigenvalue weighted by atomic mass is 10.1. The van der Waals surface area contributed by atoms with Crippen LogP contribution in [0.25, 0.3) is 0 Å². The molecule has 0 aromatic heterocycles. The zero-order valence-corrected chi connectivity index (χ0v) is 11.9. The fourth-order valence-corrected chi connectivity index (χ4v) is 1.94. The molecule has 0 aliphatic rings. The van der Waals surface area contributed by atoms with Crippen molar-refractivity contribution in [1.29, 1.82) is 0 Å². The number of rotatable bonds is 9. The first-order chi connectivity index (χ1) is 8.77. The first kappa shape index (κ1) is 15.0. The Labute approximate surface area is 111 Å². The molecule has 1 unspecified atom stereocenters. The average molecular weight is 250 g/mol. The molecule has 102 valence electrons. The van der Waals surface area contributed by atoms with Crippen molar-refractivity contribution in [2.24, 2.45) is 0 Å². The molecule has 0 radical (unpaired) electrons. The molecular formula is C16H26O2. The highest BCUT2D eigenvalue weighted by molar-refractivity contribution is 5.28. The van der Waals surface area contributed by atoms with E-state index in [1.165, 1.54) is 37.7 Å². The third-order valence-corrected chi connectivity index (χ3v) is 3.20. The Morgan fingerprint density at radius 1 is 1.00 bits per heavy atom. The van der Waals surface area contributed by atoms with Gasteiger partial charge in [0, 0.05) is 6.61 Å². The highest BCUT2D eigenvalue weighted by Crippen LogP contribution is 2.20. The van der Waals surface area contributed by atoms with Crippen LogP contribution in [-0.2, 0) is 4.74 Å². The van der Waals surface area contributed by atoms with Gasteiger partial charge in [-0.15, -0.1) is 0 Å². The number of hydrogen-bond donors (Lipinski definition) is 0. The zero-order valence-electron chi connectivity index (χ0n) is 11.9. The van der Waals surface area contributed by atoms with Crippen molar-refractivity contribution in [3.8, 4) is 5.75 Å². The second kappa shape index (κ2) is 8.98. The van der Waals surface area contributed by atoms with E-state index in [-0.39, 0.29) is 6.10 Å². The minimum Gasteiger partial charge on any atom is -0.497 e. The van der Waals surface area contributed by atoms with Gasteiger partial charge in [-0.1, -0.05) is 44.7 Å². The molecule has 0 spiro atoms. The number of unbranched alkanes of at least 4 members (excludes halogenated alkanes) is 4. The van der Waals surface area contributed by atoms with Gasteiger partial charge in [-0.25, -0.2) is 0 Å². The molecule has 0 aliphatic carbocycles. The molecule has 0 saturated carbocycles. The standard InChI is InChI=1S/C16H26O2/c1-4-5-6-7-8-13-18-14(2)15-9-11-16(17-3)12-10-15/h9-12,14H,4-8,13H2,1-3H3. The fraction of sp³-hybridized carbons (Fsp3) is 0.625. The van der Waals surface area contributed by atoms with Crippen molar-refractivity contribution in [2.45, 2.75) is 52.1 Å². The topological polar surface area (TPSA) is 18.5 Å². The summed E-state index contributed by atoms with van der Waals surface area (Å²) in [7, 11) is 1.69. The molecule has 18 heavy (non-hydrogen) atoms. The summed E-state index contributed by atoms with van der Waals surface area (Å²) in [5.41, 5.74) is 1.21. The summed E-state index contributed by atoms with van der Waals surface area (Å²) in [4.78, 5) is 0. The van der Waals surface area contributed by atoms with Gasteiger partial charge in [-0.3, -0.25) is 0 Å². The van der Waals surface area contributed by atoms with E-state index in [4.69, 9.17) is 9.47 Å². The fourth-order valence-electron chi connectivity index (χ4n) is 1.94. The molecule has 2 heteroatoms. The van der Waals surface area contributed by atoms with Crippen LogP contribution in [0.1, 0.15) is 57.6 Å². The van der Waals surface area contributed by atoms with Crippen molar-refractivity contribution < 1.29 is 9.47 Å². The van der Waals surface area contributed by atoms with Crippen LogP contribution in [0.3, 0.4) is 0 Å². The van der Waals surface area contributed by atoms with E-state index in [0.717, 1.165) is 12.4 Å². The minimum atomic E-state index is 0.169. The lowest BCUT2D eigenvalue weighted by Crippen LogP contribution is -2.01. The second-order valence-corrected chi connectivity index (χ2v) is 4.70. The van der Waals surface area contributed by atoms with Crippen LogP contribution in [0, 0.1) is 0 Å². The van der Waals surface area contributed by atoms with Gasteiger partial charge in [0.25, 0.3) is 0 Å². The molecule has 1 aromatic rings. The molecule has 0 N–H and O–H groups in total.